The number of rotatable bonds is 0. The molecule has 1 heteroatoms. The Kier molecular flexibility index (Phi) is 1.92. The number of hydrogen-bond acceptors (Lipinski definition) is 0. The van der Waals surface area contributed by atoms with E-state index in [9.17, 15) is 0 Å². The molecular weight excluding hydrogens is 236 g/mol. The second-order valence-electron chi connectivity index (χ2n) is 6.37. The summed E-state index contributed by atoms with van der Waals surface area (Å²) in [6.45, 7) is 5.10. The van der Waals surface area contributed by atoms with Crippen molar-refractivity contribution in [2.45, 2.75) is 57.2 Å². The van der Waals surface area contributed by atoms with Gasteiger partial charge in [0.25, 0.3) is 0 Å². The second-order valence-corrected chi connectivity index (χ2v) is 7.29. The van der Waals surface area contributed by atoms with Crippen LogP contribution in [-0.2, 0) is 0 Å². The van der Waals surface area contributed by atoms with Crippen molar-refractivity contribution in [1.82, 2.24) is 0 Å². The van der Waals surface area contributed by atoms with Crippen LogP contribution in [-0.4, -0.2) is 4.83 Å². The van der Waals surface area contributed by atoms with Gasteiger partial charge in [0, 0.05) is 4.83 Å². The van der Waals surface area contributed by atoms with Crippen molar-refractivity contribution in [3.8, 4) is 0 Å². The first-order chi connectivity index (χ1) is 6.59. The van der Waals surface area contributed by atoms with Crippen LogP contribution in [0.1, 0.15) is 52.4 Å². The molecule has 0 aromatic carbocycles. The van der Waals surface area contributed by atoms with Gasteiger partial charge in [-0.2, -0.15) is 0 Å². The van der Waals surface area contributed by atoms with Gasteiger partial charge in [-0.15, -0.1) is 0 Å². The summed E-state index contributed by atoms with van der Waals surface area (Å²) in [6, 6.07) is 0. The first kappa shape index (κ1) is 9.69. The van der Waals surface area contributed by atoms with E-state index in [0.717, 1.165) is 16.7 Å². The van der Waals surface area contributed by atoms with Gasteiger partial charge in [-0.25, -0.2) is 0 Å². The second kappa shape index (κ2) is 2.78. The normalized spacial score (nSPS) is 61.5. The summed E-state index contributed by atoms with van der Waals surface area (Å²) in [5.41, 5.74) is 1.28. The molecule has 0 heterocycles. The fraction of sp³-hybridized carbons (Fsp3) is 1.00. The summed E-state index contributed by atoms with van der Waals surface area (Å²) in [4.78, 5) is 0.801. The van der Waals surface area contributed by atoms with Gasteiger partial charge in [0.05, 0.1) is 0 Å². The van der Waals surface area contributed by atoms with Crippen LogP contribution < -0.4 is 0 Å². The van der Waals surface area contributed by atoms with E-state index in [0.29, 0.717) is 10.8 Å². The van der Waals surface area contributed by atoms with Crippen molar-refractivity contribution in [1.29, 1.82) is 0 Å². The number of fused-ring (bicyclic) bond motifs is 5. The zero-order chi connectivity index (χ0) is 9.97. The first-order valence-corrected chi connectivity index (χ1v) is 7.15. The van der Waals surface area contributed by atoms with Crippen LogP contribution in [0.3, 0.4) is 0 Å². The Bertz CT molecular complexity index is 236. The van der Waals surface area contributed by atoms with E-state index in [-0.39, 0.29) is 0 Å². The Hall–Kier alpha value is 0.480. The molecule has 3 aliphatic carbocycles. The van der Waals surface area contributed by atoms with Crippen LogP contribution in [0.5, 0.6) is 0 Å². The third-order valence-corrected chi connectivity index (χ3v) is 7.91. The quantitative estimate of drug-likeness (QED) is 0.565. The summed E-state index contributed by atoms with van der Waals surface area (Å²) in [6.07, 6.45) is 8.96. The largest absolute Gasteiger partial charge is 0.0879 e. The molecule has 80 valence electrons. The fourth-order valence-corrected chi connectivity index (χ4v) is 6.14. The Morgan fingerprint density at radius 1 is 0.929 bits per heavy atom. The predicted octanol–water partition coefficient (Wildman–Crippen LogP) is 4.38. The van der Waals surface area contributed by atoms with E-state index in [2.05, 4.69) is 29.8 Å². The van der Waals surface area contributed by atoms with Crippen molar-refractivity contribution in [3.63, 3.8) is 0 Å². The summed E-state index contributed by atoms with van der Waals surface area (Å²) in [7, 11) is 0. The van der Waals surface area contributed by atoms with Gasteiger partial charge >= 0.3 is 0 Å². The molecule has 0 saturated heterocycles. The zero-order valence-electron chi connectivity index (χ0n) is 9.35. The molecule has 5 atom stereocenters. The predicted molar refractivity (Wildman–Crippen MR) is 63.6 cm³/mol. The van der Waals surface area contributed by atoms with Crippen molar-refractivity contribution in [2.75, 3.05) is 0 Å². The summed E-state index contributed by atoms with van der Waals surface area (Å²) >= 11 is 4.03. The van der Waals surface area contributed by atoms with Gasteiger partial charge in [0.15, 0.2) is 0 Å². The molecule has 3 saturated carbocycles. The topological polar surface area (TPSA) is 0 Å². The number of alkyl halides is 1. The molecule has 2 bridgehead atoms. The highest BCUT2D eigenvalue weighted by Gasteiger charge is 2.66. The minimum absolute atomic E-state index is 0.639. The number of hydrogen-bond donors (Lipinski definition) is 0. The van der Waals surface area contributed by atoms with Crippen LogP contribution in [0, 0.1) is 22.7 Å². The fourth-order valence-electron chi connectivity index (χ4n) is 5.00. The smallest absolute Gasteiger partial charge is 0.0258 e. The molecule has 0 spiro atoms. The molecule has 1 unspecified atom stereocenters. The van der Waals surface area contributed by atoms with E-state index < -0.39 is 0 Å². The molecule has 0 N–H and O–H groups in total. The van der Waals surface area contributed by atoms with Crippen LogP contribution in [0.15, 0.2) is 0 Å². The van der Waals surface area contributed by atoms with Gasteiger partial charge < -0.3 is 0 Å². The molecule has 0 radical (unpaired) electrons. The molecule has 0 nitrogen and oxygen atoms in total. The monoisotopic (exact) mass is 256 g/mol. The molecule has 0 aromatic rings. The molecule has 3 fully saturated rings. The van der Waals surface area contributed by atoms with Crippen LogP contribution >= 0.6 is 15.9 Å². The maximum Gasteiger partial charge on any atom is 0.0258 e. The van der Waals surface area contributed by atoms with E-state index >= 15 is 0 Å². The molecule has 3 aliphatic rings. The maximum absolute atomic E-state index is 4.03. The Morgan fingerprint density at radius 3 is 1.79 bits per heavy atom. The van der Waals surface area contributed by atoms with Crippen molar-refractivity contribution in [2.24, 2.45) is 22.7 Å². The molecular formula is C13H21Br. The van der Waals surface area contributed by atoms with Gasteiger partial charge in [-0.05, 0) is 48.3 Å². The van der Waals surface area contributed by atoms with E-state index in [4.69, 9.17) is 0 Å². The standard InChI is InChI=1S/C13H21Br/c1-12-7-8-13(2,11(12)14)10-6-4-3-5-9(10)12/h9-11H,3-8H2,1-2H3/t9-,10+,11?,12+,13-. The molecule has 14 heavy (non-hydrogen) atoms. The lowest BCUT2D eigenvalue weighted by molar-refractivity contribution is 0.0672. The van der Waals surface area contributed by atoms with E-state index in [1.165, 1.54) is 38.5 Å². The van der Waals surface area contributed by atoms with E-state index in [1.807, 2.05) is 0 Å². The lowest BCUT2D eigenvalue weighted by Crippen LogP contribution is -2.34. The molecule has 3 rings (SSSR count). The maximum atomic E-state index is 4.03. The van der Waals surface area contributed by atoms with Crippen LogP contribution in [0.2, 0.25) is 0 Å². The Balaban J connectivity index is 2.03. The SMILES string of the molecule is C[C@]12CC[C@](C)(C1Br)[C@@H]1CCCC[C@@H]12. The van der Waals surface area contributed by atoms with Crippen molar-refractivity contribution < 1.29 is 0 Å². The lowest BCUT2D eigenvalue weighted by Gasteiger charge is -2.43. The van der Waals surface area contributed by atoms with Gasteiger partial charge in [0.1, 0.15) is 0 Å². The number of halogens is 1. The molecule has 0 amide bonds. The zero-order valence-corrected chi connectivity index (χ0v) is 10.9. The molecule has 0 aliphatic heterocycles. The third kappa shape index (κ3) is 0.911. The van der Waals surface area contributed by atoms with Gasteiger partial charge in [-0.1, -0.05) is 42.6 Å². The summed E-state index contributed by atoms with van der Waals surface area (Å²) in [5.74, 6) is 2.08. The summed E-state index contributed by atoms with van der Waals surface area (Å²) < 4.78 is 0. The Morgan fingerprint density at radius 2 is 1.36 bits per heavy atom. The van der Waals surface area contributed by atoms with Crippen molar-refractivity contribution >= 4 is 15.9 Å². The average Bonchev–Trinajstić information content (AvgIpc) is 2.53. The van der Waals surface area contributed by atoms with Crippen LogP contribution in [0.4, 0.5) is 0 Å². The van der Waals surface area contributed by atoms with Gasteiger partial charge in [-0.3, -0.25) is 0 Å². The van der Waals surface area contributed by atoms with Crippen LogP contribution in [0.25, 0.3) is 0 Å². The third-order valence-electron chi connectivity index (χ3n) is 5.82. The van der Waals surface area contributed by atoms with Crippen molar-refractivity contribution in [3.05, 3.63) is 0 Å². The average molecular weight is 257 g/mol. The highest BCUT2D eigenvalue weighted by atomic mass is 79.9. The minimum atomic E-state index is 0.639. The highest BCUT2D eigenvalue weighted by molar-refractivity contribution is 9.09. The minimum Gasteiger partial charge on any atom is -0.0879 e. The van der Waals surface area contributed by atoms with E-state index in [1.54, 1.807) is 0 Å². The first-order valence-electron chi connectivity index (χ1n) is 6.23. The lowest BCUT2D eigenvalue weighted by atomic mass is 9.62. The highest BCUT2D eigenvalue weighted by Crippen LogP contribution is 2.72. The summed E-state index contributed by atoms with van der Waals surface area (Å²) in [5, 5.41) is 0. The Labute approximate surface area is 96.0 Å². The molecule has 0 aromatic heterocycles. The van der Waals surface area contributed by atoms with Gasteiger partial charge in [0.2, 0.25) is 0 Å².